The summed E-state index contributed by atoms with van der Waals surface area (Å²) in [4.78, 5) is 0. The van der Waals surface area contributed by atoms with Crippen molar-refractivity contribution in [2.24, 2.45) is 0 Å². The van der Waals surface area contributed by atoms with Crippen LogP contribution in [-0.2, 0) is 10.3 Å². The number of unbranched alkanes of at least 4 members (excludes halogenated alkanes) is 2. The number of benzene rings is 1. The lowest BCUT2D eigenvalue weighted by atomic mass is 9.84. The van der Waals surface area contributed by atoms with Gasteiger partial charge in [0.05, 0.1) is 6.61 Å². The summed E-state index contributed by atoms with van der Waals surface area (Å²) in [5.74, 6) is 0. The van der Waals surface area contributed by atoms with Gasteiger partial charge in [0, 0.05) is 6.42 Å². The molecule has 1 saturated heterocycles. The summed E-state index contributed by atoms with van der Waals surface area (Å²) in [6.45, 7) is 2.71. The highest BCUT2D eigenvalue weighted by Gasteiger charge is 2.45. The maximum atomic E-state index is 14.2. The highest BCUT2D eigenvalue weighted by molar-refractivity contribution is 5.25. The van der Waals surface area contributed by atoms with Crippen LogP contribution >= 0.6 is 0 Å². The van der Waals surface area contributed by atoms with E-state index in [9.17, 15) is 4.39 Å². The number of hydrogen-bond acceptors (Lipinski definition) is 1. The molecule has 1 aromatic carbocycles. The second-order valence-electron chi connectivity index (χ2n) is 4.82. The van der Waals surface area contributed by atoms with E-state index in [-0.39, 0.29) is 0 Å². The van der Waals surface area contributed by atoms with Gasteiger partial charge in [-0.2, -0.15) is 0 Å². The smallest absolute Gasteiger partial charge is 0.135 e. The van der Waals surface area contributed by atoms with E-state index in [1.54, 1.807) is 0 Å². The van der Waals surface area contributed by atoms with E-state index in [4.69, 9.17) is 4.74 Å². The molecule has 0 aliphatic carbocycles. The molecule has 0 unspecified atom stereocenters. The van der Waals surface area contributed by atoms with Gasteiger partial charge in [-0.3, -0.25) is 0 Å². The van der Waals surface area contributed by atoms with Crippen LogP contribution in [-0.4, -0.2) is 12.8 Å². The average Bonchev–Trinajstić information content (AvgIpc) is 2.74. The molecule has 2 atom stereocenters. The van der Waals surface area contributed by atoms with Crippen LogP contribution in [0.3, 0.4) is 0 Å². The maximum Gasteiger partial charge on any atom is 0.135 e. The molecule has 0 aromatic heterocycles. The van der Waals surface area contributed by atoms with Crippen molar-refractivity contribution in [1.82, 2.24) is 0 Å². The number of ether oxygens (including phenoxy) is 1. The lowest BCUT2D eigenvalue weighted by Crippen LogP contribution is -2.33. The quantitative estimate of drug-likeness (QED) is 0.695. The van der Waals surface area contributed by atoms with E-state index >= 15 is 0 Å². The average molecular weight is 236 g/mol. The Morgan fingerprint density at radius 2 is 2.06 bits per heavy atom. The summed E-state index contributed by atoms with van der Waals surface area (Å²) < 4.78 is 20.0. The summed E-state index contributed by atoms with van der Waals surface area (Å²) in [6.07, 6.45) is 3.80. The third kappa shape index (κ3) is 2.52. The van der Waals surface area contributed by atoms with Crippen LogP contribution in [0.25, 0.3) is 0 Å². The Bertz CT molecular complexity index is 338. The van der Waals surface area contributed by atoms with E-state index in [1.165, 1.54) is 0 Å². The van der Waals surface area contributed by atoms with Gasteiger partial charge in [-0.15, -0.1) is 0 Å². The van der Waals surface area contributed by atoms with Gasteiger partial charge in [0.1, 0.15) is 11.8 Å². The zero-order chi connectivity index (χ0) is 12.1. The summed E-state index contributed by atoms with van der Waals surface area (Å²) >= 11 is 0. The van der Waals surface area contributed by atoms with Crippen LogP contribution in [0.2, 0.25) is 0 Å². The Labute approximate surface area is 103 Å². The second kappa shape index (κ2) is 5.63. The van der Waals surface area contributed by atoms with E-state index in [0.29, 0.717) is 13.0 Å². The second-order valence-corrected chi connectivity index (χ2v) is 4.82. The fourth-order valence-electron chi connectivity index (χ4n) is 2.66. The summed E-state index contributed by atoms with van der Waals surface area (Å²) in [6, 6.07) is 9.87. The Hall–Kier alpha value is -0.890. The van der Waals surface area contributed by atoms with Crippen LogP contribution < -0.4 is 0 Å². The van der Waals surface area contributed by atoms with Gasteiger partial charge in [0.2, 0.25) is 0 Å². The van der Waals surface area contributed by atoms with Crippen molar-refractivity contribution in [3.8, 4) is 0 Å². The van der Waals surface area contributed by atoms with E-state index in [1.807, 2.05) is 30.3 Å². The molecule has 1 aliphatic rings. The van der Waals surface area contributed by atoms with Crippen molar-refractivity contribution in [2.75, 3.05) is 6.61 Å². The first-order valence-corrected chi connectivity index (χ1v) is 6.63. The number of rotatable bonds is 5. The number of halogens is 1. The van der Waals surface area contributed by atoms with Gasteiger partial charge in [0.15, 0.2) is 0 Å². The van der Waals surface area contributed by atoms with Crippen LogP contribution in [0.5, 0.6) is 0 Å². The first-order chi connectivity index (χ1) is 8.29. The SMILES string of the molecule is CCCCC[C@]1(c2ccccc2)OCC[C@H]1F. The standard InChI is InChI=1S/C15H21FO/c1-2-3-7-11-15(14(16)10-12-17-15)13-8-5-4-6-9-13/h4-6,8-9,14H,2-3,7,10-12H2,1H3/t14-,15-/m1/s1. The van der Waals surface area contributed by atoms with Crippen LogP contribution in [0.15, 0.2) is 30.3 Å². The molecule has 0 saturated carbocycles. The zero-order valence-corrected chi connectivity index (χ0v) is 10.5. The van der Waals surface area contributed by atoms with Gasteiger partial charge in [0.25, 0.3) is 0 Å². The van der Waals surface area contributed by atoms with Crippen molar-refractivity contribution in [2.45, 2.75) is 50.8 Å². The lowest BCUT2D eigenvalue weighted by Gasteiger charge is -2.31. The first-order valence-electron chi connectivity index (χ1n) is 6.63. The van der Waals surface area contributed by atoms with Crippen LogP contribution in [0.1, 0.15) is 44.6 Å². The Morgan fingerprint density at radius 3 is 2.65 bits per heavy atom. The molecule has 1 nitrogen and oxygen atoms in total. The summed E-state index contributed by atoms with van der Waals surface area (Å²) in [7, 11) is 0. The maximum absolute atomic E-state index is 14.2. The largest absolute Gasteiger partial charge is 0.367 e. The van der Waals surface area contributed by atoms with Gasteiger partial charge >= 0.3 is 0 Å². The van der Waals surface area contributed by atoms with Crippen molar-refractivity contribution < 1.29 is 9.13 Å². The normalized spacial score (nSPS) is 28.5. The minimum Gasteiger partial charge on any atom is -0.367 e. The summed E-state index contributed by atoms with van der Waals surface area (Å²) in [5.41, 5.74) is 0.331. The molecule has 94 valence electrons. The molecule has 0 radical (unpaired) electrons. The molecule has 0 N–H and O–H groups in total. The molecule has 17 heavy (non-hydrogen) atoms. The topological polar surface area (TPSA) is 9.23 Å². The summed E-state index contributed by atoms with van der Waals surface area (Å²) in [5, 5.41) is 0. The van der Waals surface area contributed by atoms with Crippen LogP contribution in [0.4, 0.5) is 4.39 Å². The molecule has 1 fully saturated rings. The molecule has 1 heterocycles. The zero-order valence-electron chi connectivity index (χ0n) is 10.5. The van der Waals surface area contributed by atoms with Gasteiger partial charge in [-0.05, 0) is 12.0 Å². The van der Waals surface area contributed by atoms with E-state index in [0.717, 1.165) is 31.2 Å². The minimum absolute atomic E-state index is 0.529. The molecule has 0 amide bonds. The third-order valence-electron chi connectivity index (χ3n) is 3.65. The fourth-order valence-corrected chi connectivity index (χ4v) is 2.66. The predicted octanol–water partition coefficient (Wildman–Crippen LogP) is 4.22. The van der Waals surface area contributed by atoms with Gasteiger partial charge in [-0.25, -0.2) is 4.39 Å². The Kier molecular flexibility index (Phi) is 4.16. The minimum atomic E-state index is -0.859. The Morgan fingerprint density at radius 1 is 1.29 bits per heavy atom. The third-order valence-corrected chi connectivity index (χ3v) is 3.65. The van der Waals surface area contributed by atoms with Gasteiger partial charge < -0.3 is 4.74 Å². The van der Waals surface area contributed by atoms with Crippen molar-refractivity contribution in [3.63, 3.8) is 0 Å². The molecule has 2 rings (SSSR count). The molecule has 1 aliphatic heterocycles. The molecular weight excluding hydrogens is 215 g/mol. The van der Waals surface area contributed by atoms with Crippen molar-refractivity contribution >= 4 is 0 Å². The highest BCUT2D eigenvalue weighted by atomic mass is 19.1. The Balaban J connectivity index is 2.18. The fraction of sp³-hybridized carbons (Fsp3) is 0.600. The van der Waals surface area contributed by atoms with Crippen molar-refractivity contribution in [1.29, 1.82) is 0 Å². The first kappa shape index (κ1) is 12.6. The van der Waals surface area contributed by atoms with Gasteiger partial charge in [-0.1, -0.05) is 56.5 Å². The number of hydrogen-bond donors (Lipinski definition) is 0. The molecular formula is C15H21FO. The molecule has 0 spiro atoms. The predicted molar refractivity (Wildman–Crippen MR) is 67.7 cm³/mol. The van der Waals surface area contributed by atoms with E-state index in [2.05, 4.69) is 6.92 Å². The monoisotopic (exact) mass is 236 g/mol. The molecule has 1 aromatic rings. The molecule has 2 heteroatoms. The highest BCUT2D eigenvalue weighted by Crippen LogP contribution is 2.42. The molecule has 0 bridgehead atoms. The van der Waals surface area contributed by atoms with Crippen LogP contribution in [0, 0.1) is 0 Å². The lowest BCUT2D eigenvalue weighted by molar-refractivity contribution is -0.0449. The van der Waals surface area contributed by atoms with E-state index < -0.39 is 11.8 Å². The number of alkyl halides is 1. The van der Waals surface area contributed by atoms with Crippen molar-refractivity contribution in [3.05, 3.63) is 35.9 Å².